The van der Waals surface area contributed by atoms with Gasteiger partial charge in [0.25, 0.3) is 0 Å². The van der Waals surface area contributed by atoms with Crippen molar-refractivity contribution in [3.63, 3.8) is 0 Å². The zero-order valence-electron chi connectivity index (χ0n) is 11.1. The standard InChI is InChI=1S/C13H26O2/c1-10(2)15-9-11(3)7-13(5,6)8-12(4)14/h10-11H,7-9H2,1-6H3. The Morgan fingerprint density at radius 3 is 2.20 bits per heavy atom. The zero-order valence-corrected chi connectivity index (χ0v) is 11.1. The SMILES string of the molecule is CC(=O)CC(C)(C)CC(C)COC(C)C. The predicted molar refractivity (Wildman–Crippen MR) is 63.9 cm³/mol. The molecule has 0 bridgehead atoms. The normalized spacial score (nSPS) is 14.3. The lowest BCUT2D eigenvalue weighted by atomic mass is 9.80. The molecule has 0 radical (unpaired) electrons. The van der Waals surface area contributed by atoms with Crippen molar-refractivity contribution in [2.75, 3.05) is 6.61 Å². The van der Waals surface area contributed by atoms with Crippen LogP contribution in [0.25, 0.3) is 0 Å². The Hall–Kier alpha value is -0.370. The van der Waals surface area contributed by atoms with Crippen LogP contribution in [0, 0.1) is 11.3 Å². The molecule has 0 aliphatic heterocycles. The van der Waals surface area contributed by atoms with Crippen LogP contribution in [0.3, 0.4) is 0 Å². The summed E-state index contributed by atoms with van der Waals surface area (Å²) in [5, 5.41) is 0. The fraction of sp³-hybridized carbons (Fsp3) is 0.923. The zero-order chi connectivity index (χ0) is 12.1. The van der Waals surface area contributed by atoms with Crippen LogP contribution in [0.5, 0.6) is 0 Å². The number of hydrogen-bond acceptors (Lipinski definition) is 2. The van der Waals surface area contributed by atoms with Crippen LogP contribution in [0.4, 0.5) is 0 Å². The van der Waals surface area contributed by atoms with Crippen molar-refractivity contribution in [2.24, 2.45) is 11.3 Å². The molecule has 0 saturated heterocycles. The van der Waals surface area contributed by atoms with Crippen molar-refractivity contribution in [1.29, 1.82) is 0 Å². The summed E-state index contributed by atoms with van der Waals surface area (Å²) in [6, 6.07) is 0. The van der Waals surface area contributed by atoms with Crippen molar-refractivity contribution in [1.82, 2.24) is 0 Å². The van der Waals surface area contributed by atoms with Crippen LogP contribution in [0.15, 0.2) is 0 Å². The van der Waals surface area contributed by atoms with Crippen molar-refractivity contribution in [3.8, 4) is 0 Å². The van der Waals surface area contributed by atoms with Crippen molar-refractivity contribution >= 4 is 5.78 Å². The molecule has 0 aromatic rings. The van der Waals surface area contributed by atoms with Crippen molar-refractivity contribution in [2.45, 2.75) is 60.5 Å². The summed E-state index contributed by atoms with van der Waals surface area (Å²) in [5.41, 5.74) is 0.103. The Bertz CT molecular complexity index is 195. The molecule has 0 fully saturated rings. The number of carbonyl (C=O) groups is 1. The van der Waals surface area contributed by atoms with E-state index in [0.29, 0.717) is 18.4 Å². The van der Waals surface area contributed by atoms with Crippen molar-refractivity contribution < 1.29 is 9.53 Å². The van der Waals surface area contributed by atoms with Gasteiger partial charge in [-0.25, -0.2) is 0 Å². The molecule has 0 N–H and O–H groups in total. The Morgan fingerprint density at radius 1 is 1.27 bits per heavy atom. The summed E-state index contributed by atoms with van der Waals surface area (Å²) in [6.45, 7) is 13.0. The molecule has 0 saturated carbocycles. The lowest BCUT2D eigenvalue weighted by Gasteiger charge is -2.27. The van der Waals surface area contributed by atoms with Crippen LogP contribution in [-0.2, 0) is 9.53 Å². The van der Waals surface area contributed by atoms with E-state index < -0.39 is 0 Å². The number of Topliss-reactive ketones (excluding diaryl/α,β-unsaturated/α-hetero) is 1. The van der Waals surface area contributed by atoms with Gasteiger partial charge >= 0.3 is 0 Å². The summed E-state index contributed by atoms with van der Waals surface area (Å²) < 4.78 is 5.57. The van der Waals surface area contributed by atoms with Crippen molar-refractivity contribution in [3.05, 3.63) is 0 Å². The number of ether oxygens (including phenoxy) is 1. The first-order valence-corrected chi connectivity index (χ1v) is 5.84. The molecule has 0 rings (SSSR count). The van der Waals surface area contributed by atoms with E-state index in [1.54, 1.807) is 6.92 Å². The minimum atomic E-state index is 0.103. The fourth-order valence-corrected chi connectivity index (χ4v) is 2.11. The Labute approximate surface area is 94.4 Å². The molecule has 0 aliphatic carbocycles. The number of carbonyl (C=O) groups excluding carboxylic acids is 1. The van der Waals surface area contributed by atoms with Crippen LogP contribution < -0.4 is 0 Å². The van der Waals surface area contributed by atoms with Gasteiger partial charge in [-0.2, -0.15) is 0 Å². The van der Waals surface area contributed by atoms with E-state index in [1.807, 2.05) is 13.8 Å². The highest BCUT2D eigenvalue weighted by atomic mass is 16.5. The second kappa shape index (κ2) is 6.26. The lowest BCUT2D eigenvalue weighted by Crippen LogP contribution is -2.22. The third kappa shape index (κ3) is 8.61. The maximum Gasteiger partial charge on any atom is 0.130 e. The van der Waals surface area contributed by atoms with E-state index in [9.17, 15) is 4.79 Å². The average Bonchev–Trinajstić information content (AvgIpc) is 1.96. The monoisotopic (exact) mass is 214 g/mol. The van der Waals surface area contributed by atoms with Crippen LogP contribution in [-0.4, -0.2) is 18.5 Å². The van der Waals surface area contributed by atoms with E-state index in [0.717, 1.165) is 13.0 Å². The summed E-state index contributed by atoms with van der Waals surface area (Å²) in [4.78, 5) is 11.1. The largest absolute Gasteiger partial charge is 0.379 e. The molecule has 1 atom stereocenters. The molecule has 1 unspecified atom stereocenters. The molecule has 0 amide bonds. The fourth-order valence-electron chi connectivity index (χ4n) is 2.11. The van der Waals surface area contributed by atoms with Gasteiger partial charge in [-0.15, -0.1) is 0 Å². The molecule has 0 aromatic carbocycles. The molecule has 2 nitrogen and oxygen atoms in total. The van der Waals surface area contributed by atoms with Crippen LogP contribution in [0.1, 0.15) is 54.4 Å². The Morgan fingerprint density at radius 2 is 1.80 bits per heavy atom. The second-order valence-electron chi connectivity index (χ2n) is 5.73. The summed E-state index contributed by atoms with van der Waals surface area (Å²) in [6.07, 6.45) is 2.00. The smallest absolute Gasteiger partial charge is 0.130 e. The number of ketones is 1. The van der Waals surface area contributed by atoms with Gasteiger partial charge in [0, 0.05) is 13.0 Å². The van der Waals surface area contributed by atoms with Gasteiger partial charge in [-0.1, -0.05) is 20.8 Å². The van der Waals surface area contributed by atoms with E-state index in [1.165, 1.54) is 0 Å². The summed E-state index contributed by atoms with van der Waals surface area (Å²) in [5.74, 6) is 0.790. The summed E-state index contributed by atoms with van der Waals surface area (Å²) in [7, 11) is 0. The molecule has 0 heterocycles. The first kappa shape index (κ1) is 14.6. The number of rotatable bonds is 7. The first-order valence-electron chi connectivity index (χ1n) is 5.84. The highest BCUT2D eigenvalue weighted by Gasteiger charge is 2.23. The van der Waals surface area contributed by atoms with Gasteiger partial charge in [0.15, 0.2) is 0 Å². The van der Waals surface area contributed by atoms with E-state index in [-0.39, 0.29) is 11.2 Å². The predicted octanol–water partition coefficient (Wildman–Crippen LogP) is 3.44. The topological polar surface area (TPSA) is 26.3 Å². The highest BCUT2D eigenvalue weighted by Crippen LogP contribution is 2.29. The van der Waals surface area contributed by atoms with Gasteiger partial charge in [0.2, 0.25) is 0 Å². The maximum atomic E-state index is 11.1. The third-order valence-electron chi connectivity index (χ3n) is 2.34. The first-order chi connectivity index (χ1) is 6.73. The van der Waals surface area contributed by atoms with Gasteiger partial charge in [0.1, 0.15) is 5.78 Å². The quantitative estimate of drug-likeness (QED) is 0.649. The molecule has 0 aromatic heterocycles. The Kier molecular flexibility index (Phi) is 6.11. The molecular formula is C13H26O2. The average molecular weight is 214 g/mol. The maximum absolute atomic E-state index is 11.1. The van der Waals surface area contributed by atoms with Gasteiger partial charge in [-0.05, 0) is 38.5 Å². The van der Waals surface area contributed by atoms with Gasteiger partial charge in [0.05, 0.1) is 6.10 Å². The van der Waals surface area contributed by atoms with Crippen LogP contribution >= 0.6 is 0 Å². The Balaban J connectivity index is 3.92. The van der Waals surface area contributed by atoms with E-state index in [4.69, 9.17) is 4.74 Å². The molecular weight excluding hydrogens is 188 g/mol. The highest BCUT2D eigenvalue weighted by molar-refractivity contribution is 5.76. The molecule has 2 heteroatoms. The van der Waals surface area contributed by atoms with Crippen LogP contribution in [0.2, 0.25) is 0 Å². The number of hydrogen-bond donors (Lipinski definition) is 0. The minimum Gasteiger partial charge on any atom is -0.379 e. The molecule has 90 valence electrons. The second-order valence-corrected chi connectivity index (χ2v) is 5.73. The van der Waals surface area contributed by atoms with Gasteiger partial charge in [-0.3, -0.25) is 0 Å². The molecule has 0 spiro atoms. The minimum absolute atomic E-state index is 0.103. The van der Waals surface area contributed by atoms with E-state index in [2.05, 4.69) is 20.8 Å². The third-order valence-corrected chi connectivity index (χ3v) is 2.34. The lowest BCUT2D eigenvalue weighted by molar-refractivity contribution is -0.119. The van der Waals surface area contributed by atoms with Gasteiger partial charge < -0.3 is 9.53 Å². The molecule has 15 heavy (non-hydrogen) atoms. The molecule has 0 aliphatic rings. The summed E-state index contributed by atoms with van der Waals surface area (Å²) >= 11 is 0. The van der Waals surface area contributed by atoms with E-state index >= 15 is 0 Å².